The molecule has 1 saturated heterocycles. The molecule has 0 unspecified atom stereocenters. The van der Waals surface area contributed by atoms with Crippen molar-refractivity contribution in [2.24, 2.45) is 15.1 Å². The Morgan fingerprint density at radius 3 is 1.58 bits per heavy atom. The number of thioether (sulfide) groups is 2. The summed E-state index contributed by atoms with van der Waals surface area (Å²) in [5.41, 5.74) is 5.66. The van der Waals surface area contributed by atoms with Gasteiger partial charge in [0.25, 0.3) is 0 Å². The van der Waals surface area contributed by atoms with Gasteiger partial charge in [-0.2, -0.15) is 5.10 Å². The molecule has 3 aromatic carbocycles. The summed E-state index contributed by atoms with van der Waals surface area (Å²) in [5, 5.41) is 6.11. The Labute approximate surface area is 189 Å². The van der Waals surface area contributed by atoms with Crippen LogP contribution in [0.2, 0.25) is 0 Å². The van der Waals surface area contributed by atoms with Crippen molar-refractivity contribution in [3.05, 3.63) is 78.9 Å². The van der Waals surface area contributed by atoms with E-state index in [-0.39, 0.29) is 0 Å². The fourth-order valence-corrected chi connectivity index (χ4v) is 4.60. The molecule has 0 saturated carbocycles. The summed E-state index contributed by atoms with van der Waals surface area (Å²) >= 11 is 2.97. The number of hydrogen-bond acceptors (Lipinski definition) is 8. The Morgan fingerprint density at radius 1 is 0.645 bits per heavy atom. The van der Waals surface area contributed by atoms with Crippen LogP contribution in [0.25, 0.3) is 0 Å². The highest BCUT2D eigenvalue weighted by Crippen LogP contribution is 2.35. The van der Waals surface area contributed by atoms with Gasteiger partial charge in [0, 0.05) is 0 Å². The van der Waals surface area contributed by atoms with Gasteiger partial charge >= 0.3 is 0 Å². The van der Waals surface area contributed by atoms with Gasteiger partial charge in [-0.1, -0.05) is 18.2 Å². The number of methoxy groups -OCH3 is 2. The molecule has 0 atom stereocenters. The van der Waals surface area contributed by atoms with E-state index in [0.717, 1.165) is 43.0 Å². The summed E-state index contributed by atoms with van der Waals surface area (Å²) in [5.74, 6) is 1.58. The third kappa shape index (κ3) is 5.68. The molecular formula is C23H20N4O2S2. The SMILES string of the molecule is COc1ccc(N=C2SC(=NNc3ccccc3)SC2=Nc2ccc(OC)cc2)cc1. The monoisotopic (exact) mass is 448 g/mol. The van der Waals surface area contributed by atoms with Gasteiger partial charge in [0.05, 0.1) is 31.3 Å². The van der Waals surface area contributed by atoms with Crippen LogP contribution >= 0.6 is 23.5 Å². The van der Waals surface area contributed by atoms with Crippen molar-refractivity contribution in [3.63, 3.8) is 0 Å². The molecule has 1 aliphatic rings. The maximum absolute atomic E-state index is 5.23. The van der Waals surface area contributed by atoms with Crippen molar-refractivity contribution in [2.75, 3.05) is 19.6 Å². The van der Waals surface area contributed by atoms with Crippen molar-refractivity contribution in [3.8, 4) is 11.5 Å². The lowest BCUT2D eigenvalue weighted by molar-refractivity contribution is 0.415. The predicted molar refractivity (Wildman–Crippen MR) is 133 cm³/mol. The predicted octanol–water partition coefficient (Wildman–Crippen LogP) is 6.33. The molecule has 0 amide bonds. The first-order valence-electron chi connectivity index (χ1n) is 9.44. The molecule has 31 heavy (non-hydrogen) atoms. The second-order valence-corrected chi connectivity index (χ2v) is 8.50. The number of anilines is 1. The minimum Gasteiger partial charge on any atom is -0.497 e. The van der Waals surface area contributed by atoms with Crippen LogP contribution in [-0.2, 0) is 0 Å². The van der Waals surface area contributed by atoms with Gasteiger partial charge in [0.2, 0.25) is 0 Å². The third-order valence-corrected chi connectivity index (χ3v) is 6.32. The first-order chi connectivity index (χ1) is 15.2. The lowest BCUT2D eigenvalue weighted by atomic mass is 10.3. The standard InChI is InChI=1S/C23H20N4O2S2/c1-28-19-12-8-16(9-13-19)24-21-22(25-17-10-14-20(29-2)15-11-17)31-23(30-21)27-26-18-6-4-3-5-7-18/h3-15,26H,1-2H3. The molecule has 8 heteroatoms. The van der Waals surface area contributed by atoms with Gasteiger partial charge in [0.15, 0.2) is 4.38 Å². The topological polar surface area (TPSA) is 67.6 Å². The van der Waals surface area contributed by atoms with Crippen LogP contribution in [0.5, 0.6) is 11.5 Å². The molecule has 0 aliphatic carbocycles. The molecule has 0 radical (unpaired) electrons. The van der Waals surface area contributed by atoms with Gasteiger partial charge in [-0.3, -0.25) is 5.43 Å². The lowest BCUT2D eigenvalue weighted by Gasteiger charge is -2.02. The van der Waals surface area contributed by atoms with Crippen LogP contribution < -0.4 is 14.9 Å². The van der Waals surface area contributed by atoms with E-state index in [4.69, 9.17) is 19.5 Å². The van der Waals surface area contributed by atoms with Crippen LogP contribution in [0.15, 0.2) is 93.9 Å². The maximum Gasteiger partial charge on any atom is 0.162 e. The highest BCUT2D eigenvalue weighted by Gasteiger charge is 2.26. The van der Waals surface area contributed by atoms with E-state index in [0.29, 0.717) is 0 Å². The first kappa shape index (κ1) is 21.0. The molecule has 0 spiro atoms. The van der Waals surface area contributed by atoms with Gasteiger partial charge in [-0.25, -0.2) is 9.98 Å². The normalized spacial score (nSPS) is 15.9. The van der Waals surface area contributed by atoms with Gasteiger partial charge in [-0.15, -0.1) is 0 Å². The molecule has 156 valence electrons. The lowest BCUT2D eigenvalue weighted by Crippen LogP contribution is -1.98. The number of nitrogens with zero attached hydrogens (tertiary/aromatic N) is 3. The molecule has 1 aliphatic heterocycles. The van der Waals surface area contributed by atoms with E-state index in [1.54, 1.807) is 14.2 Å². The Bertz CT molecular complexity index is 1050. The van der Waals surface area contributed by atoms with E-state index in [1.807, 2.05) is 78.9 Å². The third-order valence-electron chi connectivity index (χ3n) is 4.21. The van der Waals surface area contributed by atoms with Crippen LogP contribution in [0, 0.1) is 0 Å². The smallest absolute Gasteiger partial charge is 0.162 e. The second kappa shape index (κ2) is 10.2. The number of nitrogens with one attached hydrogen (secondary N) is 1. The number of hydrazone groups is 1. The Kier molecular flexibility index (Phi) is 6.91. The molecule has 0 bridgehead atoms. The molecule has 0 aromatic heterocycles. The number of benzene rings is 3. The van der Waals surface area contributed by atoms with Crippen LogP contribution in [-0.4, -0.2) is 28.7 Å². The number of hydrogen-bond donors (Lipinski definition) is 1. The zero-order valence-electron chi connectivity index (χ0n) is 17.0. The number of para-hydroxylation sites is 1. The van der Waals surface area contributed by atoms with E-state index < -0.39 is 0 Å². The molecule has 3 aromatic rings. The minimum absolute atomic E-state index is 0.791. The van der Waals surface area contributed by atoms with Crippen molar-refractivity contribution in [1.82, 2.24) is 0 Å². The van der Waals surface area contributed by atoms with Crippen LogP contribution in [0.4, 0.5) is 17.1 Å². The number of aliphatic imine (C=N–C) groups is 2. The highest BCUT2D eigenvalue weighted by atomic mass is 32.2. The van der Waals surface area contributed by atoms with E-state index in [1.165, 1.54) is 23.5 Å². The summed E-state index contributed by atoms with van der Waals surface area (Å²) in [4.78, 5) is 9.58. The minimum atomic E-state index is 0.791. The van der Waals surface area contributed by atoms with Crippen molar-refractivity contribution >= 4 is 55.0 Å². The maximum atomic E-state index is 5.23. The molecule has 1 heterocycles. The Hall–Kier alpha value is -3.23. The van der Waals surface area contributed by atoms with Gasteiger partial charge < -0.3 is 9.47 Å². The molecule has 1 N–H and O–H groups in total. The zero-order chi connectivity index (χ0) is 21.5. The average Bonchev–Trinajstić information content (AvgIpc) is 3.20. The molecule has 6 nitrogen and oxygen atoms in total. The Balaban J connectivity index is 1.62. The van der Waals surface area contributed by atoms with E-state index in [9.17, 15) is 0 Å². The van der Waals surface area contributed by atoms with Crippen molar-refractivity contribution < 1.29 is 9.47 Å². The summed E-state index contributed by atoms with van der Waals surface area (Å²) < 4.78 is 11.3. The van der Waals surface area contributed by atoms with E-state index >= 15 is 0 Å². The summed E-state index contributed by atoms with van der Waals surface area (Å²) in [6.07, 6.45) is 0. The summed E-state index contributed by atoms with van der Waals surface area (Å²) in [6.45, 7) is 0. The molecule has 4 rings (SSSR count). The average molecular weight is 449 g/mol. The zero-order valence-corrected chi connectivity index (χ0v) is 18.6. The Morgan fingerprint density at radius 2 is 1.13 bits per heavy atom. The van der Waals surface area contributed by atoms with Gasteiger partial charge in [-0.05, 0) is 84.2 Å². The largest absolute Gasteiger partial charge is 0.497 e. The molecular weight excluding hydrogens is 428 g/mol. The summed E-state index contributed by atoms with van der Waals surface area (Å²) in [7, 11) is 3.29. The fraction of sp³-hybridized carbons (Fsp3) is 0.0870. The van der Waals surface area contributed by atoms with Crippen molar-refractivity contribution in [2.45, 2.75) is 0 Å². The molecule has 1 fully saturated rings. The first-order valence-corrected chi connectivity index (χ1v) is 11.1. The summed E-state index contributed by atoms with van der Waals surface area (Å²) in [6, 6.07) is 25.0. The quantitative estimate of drug-likeness (QED) is 0.447. The van der Waals surface area contributed by atoms with Gasteiger partial charge in [0.1, 0.15) is 21.6 Å². The second-order valence-electron chi connectivity index (χ2n) is 6.29. The number of ether oxygens (including phenoxy) is 2. The van der Waals surface area contributed by atoms with Crippen LogP contribution in [0.1, 0.15) is 0 Å². The van der Waals surface area contributed by atoms with Crippen molar-refractivity contribution in [1.29, 1.82) is 0 Å². The van der Waals surface area contributed by atoms with Crippen LogP contribution in [0.3, 0.4) is 0 Å². The highest BCUT2D eigenvalue weighted by molar-refractivity contribution is 8.57. The fourth-order valence-electron chi connectivity index (χ4n) is 2.63. The number of rotatable bonds is 6. The van der Waals surface area contributed by atoms with E-state index in [2.05, 4.69) is 10.5 Å².